The van der Waals surface area contributed by atoms with E-state index in [-0.39, 0.29) is 24.3 Å². The van der Waals surface area contributed by atoms with E-state index in [1.165, 1.54) is 0 Å². The summed E-state index contributed by atoms with van der Waals surface area (Å²) in [6.07, 6.45) is -7.25. The van der Waals surface area contributed by atoms with Crippen LogP contribution in [0.2, 0.25) is 0 Å². The molecule has 0 spiro atoms. The Labute approximate surface area is 79.8 Å². The molecule has 0 radical (unpaired) electrons. The standard InChI is InChI=1S/C7H11F3O3S/c8-7(9,10)6(11)5-1-3-14(12,13)4-2-5/h5-6,11H,1-4H2. The second kappa shape index (κ2) is 3.69. The average molecular weight is 232 g/mol. The minimum Gasteiger partial charge on any atom is -0.383 e. The van der Waals surface area contributed by atoms with Crippen LogP contribution in [-0.2, 0) is 9.84 Å². The van der Waals surface area contributed by atoms with Gasteiger partial charge in [-0.25, -0.2) is 8.42 Å². The van der Waals surface area contributed by atoms with Crippen LogP contribution in [0.5, 0.6) is 0 Å². The average Bonchev–Trinajstić information content (AvgIpc) is 2.01. The maximum Gasteiger partial charge on any atom is 0.414 e. The highest BCUT2D eigenvalue weighted by Crippen LogP contribution is 2.31. The fraction of sp³-hybridized carbons (Fsp3) is 1.00. The van der Waals surface area contributed by atoms with Crippen molar-refractivity contribution >= 4 is 9.84 Å². The lowest BCUT2D eigenvalue weighted by molar-refractivity contribution is -0.220. The van der Waals surface area contributed by atoms with Gasteiger partial charge in [0.25, 0.3) is 0 Å². The lowest BCUT2D eigenvalue weighted by atomic mass is 9.96. The Balaban J connectivity index is 2.59. The number of halogens is 3. The molecule has 1 unspecified atom stereocenters. The van der Waals surface area contributed by atoms with E-state index in [1.54, 1.807) is 0 Å². The number of aliphatic hydroxyl groups is 1. The molecular weight excluding hydrogens is 221 g/mol. The van der Waals surface area contributed by atoms with Gasteiger partial charge in [0, 0.05) is 0 Å². The van der Waals surface area contributed by atoms with E-state index in [0.29, 0.717) is 0 Å². The second-order valence-corrected chi connectivity index (χ2v) is 5.78. The minimum absolute atomic E-state index is 0.108. The molecule has 14 heavy (non-hydrogen) atoms. The molecule has 84 valence electrons. The molecule has 1 aliphatic heterocycles. The molecule has 3 nitrogen and oxygen atoms in total. The van der Waals surface area contributed by atoms with Gasteiger partial charge in [-0.3, -0.25) is 0 Å². The third-order valence-electron chi connectivity index (χ3n) is 2.38. The highest BCUT2D eigenvalue weighted by molar-refractivity contribution is 7.91. The number of sulfone groups is 1. The second-order valence-electron chi connectivity index (χ2n) is 3.48. The summed E-state index contributed by atoms with van der Waals surface area (Å²) < 4.78 is 57.9. The summed E-state index contributed by atoms with van der Waals surface area (Å²) in [6.45, 7) is 0. The lowest BCUT2D eigenvalue weighted by Crippen LogP contribution is -2.40. The van der Waals surface area contributed by atoms with Gasteiger partial charge in [0.2, 0.25) is 0 Å². The zero-order chi connectivity index (χ0) is 11.0. The van der Waals surface area contributed by atoms with Gasteiger partial charge in [0.15, 0.2) is 6.10 Å². The molecule has 0 aromatic carbocycles. The molecule has 0 aliphatic carbocycles. The van der Waals surface area contributed by atoms with Crippen molar-refractivity contribution in [2.24, 2.45) is 5.92 Å². The smallest absolute Gasteiger partial charge is 0.383 e. The molecule has 1 saturated heterocycles. The van der Waals surface area contributed by atoms with Crippen molar-refractivity contribution in [1.29, 1.82) is 0 Å². The first-order chi connectivity index (χ1) is 6.22. The Morgan fingerprint density at radius 2 is 1.64 bits per heavy atom. The summed E-state index contributed by atoms with van der Waals surface area (Å²) in [5, 5.41) is 8.86. The van der Waals surface area contributed by atoms with Crippen LogP contribution in [0.3, 0.4) is 0 Å². The number of hydrogen-bond donors (Lipinski definition) is 1. The molecule has 1 N–H and O–H groups in total. The van der Waals surface area contributed by atoms with Gasteiger partial charge in [-0.2, -0.15) is 13.2 Å². The highest BCUT2D eigenvalue weighted by Gasteiger charge is 2.44. The van der Waals surface area contributed by atoms with Crippen LogP contribution >= 0.6 is 0 Å². The number of aliphatic hydroxyl groups excluding tert-OH is 1. The molecule has 1 fully saturated rings. The monoisotopic (exact) mass is 232 g/mol. The van der Waals surface area contributed by atoms with Crippen molar-refractivity contribution < 1.29 is 26.7 Å². The zero-order valence-electron chi connectivity index (χ0n) is 7.29. The largest absolute Gasteiger partial charge is 0.414 e. The van der Waals surface area contributed by atoms with Crippen LogP contribution in [0.1, 0.15) is 12.8 Å². The summed E-state index contributed by atoms with van der Waals surface area (Å²) in [5.74, 6) is -1.49. The number of alkyl halides is 3. The quantitative estimate of drug-likeness (QED) is 0.725. The molecule has 0 bridgehead atoms. The lowest BCUT2D eigenvalue weighted by Gasteiger charge is -2.27. The fourth-order valence-corrected chi connectivity index (χ4v) is 3.02. The van der Waals surface area contributed by atoms with E-state index < -0.39 is 28.0 Å². The van der Waals surface area contributed by atoms with Crippen LogP contribution in [0.25, 0.3) is 0 Å². The molecule has 0 aromatic rings. The predicted molar refractivity (Wildman–Crippen MR) is 43.4 cm³/mol. The van der Waals surface area contributed by atoms with Crippen LogP contribution in [0, 0.1) is 5.92 Å². The SMILES string of the molecule is O=S1(=O)CCC(C(O)C(F)(F)F)CC1. The molecule has 0 saturated carbocycles. The molecule has 1 atom stereocenters. The Bertz CT molecular complexity index is 282. The van der Waals surface area contributed by atoms with E-state index in [0.717, 1.165) is 0 Å². The molecule has 0 aromatic heterocycles. The first-order valence-electron chi connectivity index (χ1n) is 4.17. The van der Waals surface area contributed by atoms with Crippen molar-refractivity contribution in [1.82, 2.24) is 0 Å². The maximum atomic E-state index is 12.0. The van der Waals surface area contributed by atoms with E-state index in [9.17, 15) is 21.6 Å². The number of hydrogen-bond acceptors (Lipinski definition) is 3. The van der Waals surface area contributed by atoms with Gasteiger partial charge in [-0.1, -0.05) is 0 Å². The van der Waals surface area contributed by atoms with Crippen LogP contribution < -0.4 is 0 Å². The highest BCUT2D eigenvalue weighted by atomic mass is 32.2. The van der Waals surface area contributed by atoms with Gasteiger partial charge in [-0.15, -0.1) is 0 Å². The van der Waals surface area contributed by atoms with Crippen molar-refractivity contribution in [2.45, 2.75) is 25.1 Å². The first kappa shape index (κ1) is 11.8. The van der Waals surface area contributed by atoms with Crippen LogP contribution in [-0.4, -0.2) is 37.3 Å². The zero-order valence-corrected chi connectivity index (χ0v) is 8.11. The van der Waals surface area contributed by atoms with Crippen molar-refractivity contribution in [3.63, 3.8) is 0 Å². The molecule has 0 amide bonds. The van der Waals surface area contributed by atoms with E-state index in [1.807, 2.05) is 0 Å². The third kappa shape index (κ3) is 2.84. The van der Waals surface area contributed by atoms with Gasteiger partial charge in [0.1, 0.15) is 9.84 Å². The summed E-state index contributed by atoms with van der Waals surface area (Å²) in [6, 6.07) is 0. The molecule has 1 aliphatic rings. The van der Waals surface area contributed by atoms with Crippen molar-refractivity contribution in [3.8, 4) is 0 Å². The third-order valence-corrected chi connectivity index (χ3v) is 4.10. The van der Waals surface area contributed by atoms with Crippen LogP contribution in [0.15, 0.2) is 0 Å². The summed E-state index contributed by atoms with van der Waals surface area (Å²) in [5.41, 5.74) is 0. The van der Waals surface area contributed by atoms with Gasteiger partial charge < -0.3 is 5.11 Å². The number of rotatable bonds is 1. The Morgan fingerprint density at radius 1 is 1.21 bits per heavy atom. The fourth-order valence-electron chi connectivity index (χ4n) is 1.49. The summed E-state index contributed by atoms with van der Waals surface area (Å²) in [4.78, 5) is 0. The van der Waals surface area contributed by atoms with Crippen molar-refractivity contribution in [2.75, 3.05) is 11.5 Å². The Kier molecular flexibility index (Phi) is 3.10. The Hall–Kier alpha value is -0.300. The van der Waals surface area contributed by atoms with Crippen molar-refractivity contribution in [3.05, 3.63) is 0 Å². The van der Waals surface area contributed by atoms with Crippen LogP contribution in [0.4, 0.5) is 13.2 Å². The minimum atomic E-state index is -4.65. The molecule has 1 heterocycles. The van der Waals surface area contributed by atoms with Gasteiger partial charge in [0.05, 0.1) is 11.5 Å². The summed E-state index contributed by atoms with van der Waals surface area (Å²) >= 11 is 0. The van der Waals surface area contributed by atoms with Gasteiger partial charge in [-0.05, 0) is 18.8 Å². The van der Waals surface area contributed by atoms with Gasteiger partial charge >= 0.3 is 6.18 Å². The first-order valence-corrected chi connectivity index (χ1v) is 6.00. The topological polar surface area (TPSA) is 54.4 Å². The van der Waals surface area contributed by atoms with E-state index in [2.05, 4.69) is 0 Å². The predicted octanol–water partition coefficient (Wildman–Crippen LogP) is 0.734. The normalized spacial score (nSPS) is 26.0. The molecule has 7 heteroatoms. The Morgan fingerprint density at radius 3 is 2.00 bits per heavy atom. The maximum absolute atomic E-state index is 12.0. The van der Waals surface area contributed by atoms with E-state index in [4.69, 9.17) is 5.11 Å². The van der Waals surface area contributed by atoms with E-state index >= 15 is 0 Å². The summed E-state index contributed by atoms with van der Waals surface area (Å²) in [7, 11) is -3.17. The molecular formula is C7H11F3O3S. The molecule has 1 rings (SSSR count).